The van der Waals surface area contributed by atoms with Gasteiger partial charge in [-0.1, -0.05) is 78.9 Å². The van der Waals surface area contributed by atoms with Crippen LogP contribution in [0.3, 0.4) is 0 Å². The first-order valence-corrected chi connectivity index (χ1v) is 17.2. The zero-order valence-corrected chi connectivity index (χ0v) is 25.7. The molecule has 43 heavy (non-hydrogen) atoms. The molecule has 0 saturated heterocycles. The van der Waals surface area contributed by atoms with Gasteiger partial charge in [0, 0.05) is 10.8 Å². The molecule has 1 unspecified atom stereocenters. The van der Waals surface area contributed by atoms with Crippen LogP contribution in [0.1, 0.15) is 49.7 Å². The number of allylic oxidation sites excluding steroid dienone is 12. The molecular formula is C42H36P+. The number of benzene rings is 3. The lowest BCUT2D eigenvalue weighted by Gasteiger charge is -2.24. The van der Waals surface area contributed by atoms with Crippen LogP contribution in [0.25, 0.3) is 43.1 Å². The zero-order valence-electron chi connectivity index (χ0n) is 24.8. The predicted octanol–water partition coefficient (Wildman–Crippen LogP) is 12.7. The largest absolute Gasteiger partial charge is 0.171 e. The average Bonchev–Trinajstić information content (AvgIpc) is 3.06. The van der Waals surface area contributed by atoms with Gasteiger partial charge in [-0.05, 0) is 143 Å². The third-order valence-corrected chi connectivity index (χ3v) is 11.7. The van der Waals surface area contributed by atoms with Crippen LogP contribution in [0.2, 0.25) is 0 Å². The van der Waals surface area contributed by atoms with E-state index in [0.717, 1.165) is 19.3 Å². The summed E-state index contributed by atoms with van der Waals surface area (Å²) in [5, 5.41) is 7.07. The van der Waals surface area contributed by atoms with Crippen molar-refractivity contribution in [1.29, 1.82) is 0 Å². The standard InChI is InChI=1S/C42H36P/c1-29-25-34(30-13-10-14-31-11-2-4-15-36(31)37-16-5-3-12-32(37)21-20-30)27-35(26-29)33-22-23-42-40(28-33)38-17-6-7-18-39(38)41-19-8-9-24-43(41)42/h2-3,6-13,17-20,22-28H,4-5,14-16,21H2,1H3/q+1. The van der Waals surface area contributed by atoms with Crippen LogP contribution < -0.4 is 0 Å². The third-order valence-electron chi connectivity index (χ3n) is 9.43. The van der Waals surface area contributed by atoms with Crippen molar-refractivity contribution in [2.24, 2.45) is 0 Å². The van der Waals surface area contributed by atoms with Gasteiger partial charge in [0.2, 0.25) is 0 Å². The van der Waals surface area contributed by atoms with Gasteiger partial charge in [0.25, 0.3) is 0 Å². The molecule has 0 amide bonds. The Morgan fingerprint density at radius 2 is 1.28 bits per heavy atom. The predicted molar refractivity (Wildman–Crippen MR) is 189 cm³/mol. The van der Waals surface area contributed by atoms with Crippen molar-refractivity contribution in [3.8, 4) is 11.1 Å². The molecule has 0 aliphatic heterocycles. The number of aryl methyl sites for hydroxylation is 1. The summed E-state index contributed by atoms with van der Waals surface area (Å²) in [6, 6.07) is 30.0. The van der Waals surface area contributed by atoms with E-state index in [1.807, 2.05) is 0 Å². The molecule has 2 aromatic heterocycles. The van der Waals surface area contributed by atoms with Gasteiger partial charge < -0.3 is 0 Å². The highest BCUT2D eigenvalue weighted by atomic mass is 31.1. The highest BCUT2D eigenvalue weighted by Crippen LogP contribution is 2.46. The summed E-state index contributed by atoms with van der Waals surface area (Å²) >= 11 is 0. The fourth-order valence-electron chi connectivity index (χ4n) is 7.39. The third kappa shape index (κ3) is 4.85. The Morgan fingerprint density at radius 3 is 2.12 bits per heavy atom. The summed E-state index contributed by atoms with van der Waals surface area (Å²) in [6.45, 7) is 2.24. The Labute approximate surface area is 255 Å². The minimum absolute atomic E-state index is 0.462. The van der Waals surface area contributed by atoms with Crippen molar-refractivity contribution in [3.63, 3.8) is 0 Å². The molecule has 0 fully saturated rings. The second kappa shape index (κ2) is 11.1. The molecule has 1 heteroatoms. The van der Waals surface area contributed by atoms with Crippen LogP contribution in [-0.4, -0.2) is 0 Å². The fraction of sp³-hybridized carbons (Fsp3) is 0.167. The summed E-state index contributed by atoms with van der Waals surface area (Å²) in [5.74, 6) is 2.41. The van der Waals surface area contributed by atoms with Gasteiger partial charge in [0.05, 0.1) is 0 Å². The van der Waals surface area contributed by atoms with E-state index in [2.05, 4.69) is 134 Å². The fourth-order valence-corrected chi connectivity index (χ4v) is 9.62. The van der Waals surface area contributed by atoms with E-state index in [1.54, 1.807) is 11.1 Å². The number of hydrogen-bond acceptors (Lipinski definition) is 0. The summed E-state index contributed by atoms with van der Waals surface area (Å²) in [5.41, 5.74) is 12.8. The summed E-state index contributed by atoms with van der Waals surface area (Å²) in [4.78, 5) is 0. The first-order chi connectivity index (χ1) is 21.2. The first kappa shape index (κ1) is 26.4. The molecule has 2 heterocycles. The molecule has 1 atom stereocenters. The van der Waals surface area contributed by atoms with Crippen LogP contribution in [-0.2, 0) is 0 Å². The van der Waals surface area contributed by atoms with Crippen molar-refractivity contribution >= 4 is 39.3 Å². The van der Waals surface area contributed by atoms with E-state index in [1.165, 1.54) is 84.6 Å². The lowest BCUT2D eigenvalue weighted by molar-refractivity contribution is 0.858. The molecule has 3 aliphatic carbocycles. The monoisotopic (exact) mass is 571 g/mol. The molecular weight excluding hydrogens is 535 g/mol. The maximum absolute atomic E-state index is 2.47. The minimum atomic E-state index is -0.462. The minimum Gasteiger partial charge on any atom is -0.0839 e. The maximum Gasteiger partial charge on any atom is 0.171 e. The smallest absolute Gasteiger partial charge is 0.0839 e. The number of hydrogen-bond donors (Lipinski definition) is 0. The second-order valence-corrected chi connectivity index (χ2v) is 14.2. The van der Waals surface area contributed by atoms with Gasteiger partial charge in [-0.3, -0.25) is 0 Å². The Kier molecular flexibility index (Phi) is 6.82. The van der Waals surface area contributed by atoms with Crippen molar-refractivity contribution in [2.75, 3.05) is 0 Å². The molecule has 5 aromatic rings. The second-order valence-electron chi connectivity index (χ2n) is 12.2. The molecule has 208 valence electrons. The Morgan fingerprint density at radius 1 is 0.558 bits per heavy atom. The Bertz CT molecular complexity index is 2090. The lowest BCUT2D eigenvalue weighted by Crippen LogP contribution is -2.04. The van der Waals surface area contributed by atoms with E-state index in [0.29, 0.717) is 0 Å². The lowest BCUT2D eigenvalue weighted by atomic mass is 9.81. The first-order valence-electron chi connectivity index (χ1n) is 15.7. The molecule has 3 aromatic carbocycles. The molecule has 0 radical (unpaired) electrons. The van der Waals surface area contributed by atoms with Gasteiger partial charge in [-0.25, -0.2) is 0 Å². The molecule has 0 spiro atoms. The normalized spacial score (nSPS) is 17.4. The van der Waals surface area contributed by atoms with Crippen LogP contribution >= 0.6 is 7.34 Å². The van der Waals surface area contributed by atoms with Crippen molar-refractivity contribution in [1.82, 2.24) is 0 Å². The number of fused-ring (bicyclic) bond motifs is 7. The highest BCUT2D eigenvalue weighted by Gasteiger charge is 2.19. The molecule has 0 bridgehead atoms. The van der Waals surface area contributed by atoms with E-state index >= 15 is 0 Å². The van der Waals surface area contributed by atoms with Crippen molar-refractivity contribution in [2.45, 2.75) is 45.4 Å². The van der Waals surface area contributed by atoms with E-state index in [4.69, 9.17) is 0 Å². The van der Waals surface area contributed by atoms with Gasteiger partial charge >= 0.3 is 0 Å². The van der Waals surface area contributed by atoms with E-state index < -0.39 is 7.34 Å². The van der Waals surface area contributed by atoms with Crippen molar-refractivity contribution in [3.05, 3.63) is 161 Å². The zero-order chi connectivity index (χ0) is 28.8. The van der Waals surface area contributed by atoms with Crippen LogP contribution in [0.5, 0.6) is 0 Å². The van der Waals surface area contributed by atoms with Gasteiger partial charge in [-0.2, -0.15) is 0 Å². The maximum atomic E-state index is 2.47. The molecule has 0 N–H and O–H groups in total. The highest BCUT2D eigenvalue weighted by molar-refractivity contribution is 7.56. The molecule has 0 nitrogen and oxygen atoms in total. The summed E-state index contributed by atoms with van der Waals surface area (Å²) in [7, 11) is -0.462. The summed E-state index contributed by atoms with van der Waals surface area (Å²) in [6.07, 6.45) is 23.4. The number of rotatable bonds is 2. The SMILES string of the molecule is Cc1cc(C2=CCC3=C(CCC=C3)C3=C(C=CCC3)CC=C2)cc(-c2ccc3c(c2)c2ccccc2c2cccc[p+]23)c1. The van der Waals surface area contributed by atoms with E-state index in [-0.39, 0.29) is 0 Å². The molecule has 3 aliphatic rings. The van der Waals surface area contributed by atoms with Gasteiger partial charge in [0.15, 0.2) is 17.6 Å². The van der Waals surface area contributed by atoms with Crippen LogP contribution in [0.4, 0.5) is 0 Å². The van der Waals surface area contributed by atoms with E-state index in [9.17, 15) is 0 Å². The van der Waals surface area contributed by atoms with Gasteiger partial charge in [0.1, 0.15) is 5.80 Å². The Hall–Kier alpha value is -4.25. The van der Waals surface area contributed by atoms with Gasteiger partial charge in [-0.15, -0.1) is 0 Å². The molecule has 8 rings (SSSR count). The quantitative estimate of drug-likeness (QED) is 0.185. The molecule has 0 saturated carbocycles. The van der Waals surface area contributed by atoms with Crippen molar-refractivity contribution < 1.29 is 0 Å². The average molecular weight is 572 g/mol. The van der Waals surface area contributed by atoms with Crippen LogP contribution in [0.15, 0.2) is 149 Å². The van der Waals surface area contributed by atoms with Crippen LogP contribution in [0, 0.1) is 6.92 Å². The topological polar surface area (TPSA) is 0 Å². The summed E-state index contributed by atoms with van der Waals surface area (Å²) < 4.78 is 0. The Balaban J connectivity index is 1.24.